The topological polar surface area (TPSA) is 130 Å². The largest absolute Gasteiger partial charge is 0.465 e. The molecule has 1 aliphatic heterocycles. The number of methoxy groups -OCH3 is 1. The number of sulfone groups is 1. The van der Waals surface area contributed by atoms with E-state index in [1.54, 1.807) is 18.2 Å². The number of hydrogen-bond acceptors (Lipinski definition) is 10. The predicted octanol–water partition coefficient (Wildman–Crippen LogP) is 5.19. The lowest BCUT2D eigenvalue weighted by Crippen LogP contribution is -2.31. The highest BCUT2D eigenvalue weighted by Crippen LogP contribution is 2.35. The predicted molar refractivity (Wildman–Crippen MR) is 148 cm³/mol. The summed E-state index contributed by atoms with van der Waals surface area (Å²) < 4.78 is 47.4. The van der Waals surface area contributed by atoms with Gasteiger partial charge in [-0.3, -0.25) is 10.1 Å². The summed E-state index contributed by atoms with van der Waals surface area (Å²) in [5.74, 6) is -0.709. The Morgan fingerprint density at radius 1 is 1.10 bits per heavy atom. The number of amides is 1. The summed E-state index contributed by atoms with van der Waals surface area (Å²) in [6, 6.07) is 10.9. The molecule has 2 heterocycles. The molecule has 1 aromatic heterocycles. The summed E-state index contributed by atoms with van der Waals surface area (Å²) in [6.45, 7) is 1.07. The molecular formula is C27H27ClN2O8S2. The molecule has 1 saturated carbocycles. The first kappa shape index (κ1) is 28.5. The fourth-order valence-electron chi connectivity index (χ4n) is 4.18. The maximum absolute atomic E-state index is 13.4. The van der Waals surface area contributed by atoms with E-state index >= 15 is 0 Å². The molecule has 5 rings (SSSR count). The van der Waals surface area contributed by atoms with E-state index in [2.05, 4.69) is 10.3 Å². The van der Waals surface area contributed by atoms with Crippen LogP contribution in [0.2, 0.25) is 5.02 Å². The molecule has 40 heavy (non-hydrogen) atoms. The first-order chi connectivity index (χ1) is 19.2. The maximum atomic E-state index is 13.4. The second kappa shape index (κ2) is 12.2. The van der Waals surface area contributed by atoms with Gasteiger partial charge in [-0.25, -0.2) is 18.2 Å². The number of aromatic nitrogens is 1. The van der Waals surface area contributed by atoms with E-state index in [4.69, 9.17) is 30.5 Å². The number of nitrogens with zero attached hydrogens (tertiary/aromatic N) is 1. The number of esters is 1. The standard InChI is InChI=1S/C27H27ClN2O8S2/c1-35-26(32)21-14-18(4-9-22(21)28)37-23-15-29-27(39-23)30-25(31)24(38-17-10-12-36-13-11-17)16-2-5-19(6-3-16)40(33,34)20-7-8-20/h2-6,9,14-15,17,20,24H,7-8,10-13H2,1H3,(H,29,30,31). The van der Waals surface area contributed by atoms with Gasteiger partial charge in [0.2, 0.25) is 5.06 Å². The number of rotatable bonds is 10. The second-order valence-electron chi connectivity index (χ2n) is 9.35. The number of carbonyl (C=O) groups is 2. The van der Waals surface area contributed by atoms with E-state index in [0.29, 0.717) is 55.3 Å². The van der Waals surface area contributed by atoms with Crippen molar-refractivity contribution < 1.29 is 37.0 Å². The van der Waals surface area contributed by atoms with Crippen molar-refractivity contribution in [3.63, 3.8) is 0 Å². The van der Waals surface area contributed by atoms with Crippen molar-refractivity contribution in [1.82, 2.24) is 4.98 Å². The fraction of sp³-hybridized carbons (Fsp3) is 0.370. The van der Waals surface area contributed by atoms with E-state index in [0.717, 1.165) is 11.3 Å². The molecule has 2 fully saturated rings. The minimum absolute atomic E-state index is 0.156. The zero-order valence-corrected chi connectivity index (χ0v) is 23.9. The molecule has 212 valence electrons. The Morgan fingerprint density at radius 3 is 2.50 bits per heavy atom. The molecule has 1 atom stereocenters. The van der Waals surface area contributed by atoms with Crippen molar-refractivity contribution in [1.29, 1.82) is 0 Å². The fourth-order valence-corrected chi connectivity index (χ4v) is 6.73. The second-order valence-corrected chi connectivity index (χ2v) is 13.0. The molecule has 13 heteroatoms. The Labute approximate surface area is 240 Å². The summed E-state index contributed by atoms with van der Waals surface area (Å²) in [5, 5.41) is 3.32. The van der Waals surface area contributed by atoms with E-state index in [9.17, 15) is 18.0 Å². The minimum Gasteiger partial charge on any atom is -0.465 e. The molecule has 0 spiro atoms. The maximum Gasteiger partial charge on any atom is 0.339 e. The number of carbonyl (C=O) groups excluding carboxylic acids is 2. The van der Waals surface area contributed by atoms with Crippen LogP contribution >= 0.6 is 22.9 Å². The lowest BCUT2D eigenvalue weighted by atomic mass is 10.1. The first-order valence-corrected chi connectivity index (χ1v) is 15.4. The van der Waals surface area contributed by atoms with Crippen LogP contribution in [-0.2, 0) is 28.8 Å². The van der Waals surface area contributed by atoms with Crippen LogP contribution < -0.4 is 10.1 Å². The van der Waals surface area contributed by atoms with Crippen molar-refractivity contribution in [2.75, 3.05) is 25.6 Å². The Kier molecular flexibility index (Phi) is 8.71. The smallest absolute Gasteiger partial charge is 0.339 e. The molecule has 1 saturated heterocycles. The van der Waals surface area contributed by atoms with Gasteiger partial charge in [-0.1, -0.05) is 35.1 Å². The highest BCUT2D eigenvalue weighted by molar-refractivity contribution is 7.92. The molecule has 2 aliphatic rings. The third kappa shape index (κ3) is 6.64. The van der Waals surface area contributed by atoms with Gasteiger partial charge in [-0.15, -0.1) is 0 Å². The van der Waals surface area contributed by atoms with Crippen LogP contribution in [0.25, 0.3) is 0 Å². The lowest BCUT2D eigenvalue weighted by Gasteiger charge is -2.27. The highest BCUT2D eigenvalue weighted by atomic mass is 35.5. The van der Waals surface area contributed by atoms with E-state index in [1.165, 1.54) is 37.6 Å². The Balaban J connectivity index is 1.31. The zero-order valence-electron chi connectivity index (χ0n) is 21.5. The van der Waals surface area contributed by atoms with Crippen LogP contribution in [-0.4, -0.2) is 57.0 Å². The average molecular weight is 607 g/mol. The van der Waals surface area contributed by atoms with Gasteiger partial charge in [0.1, 0.15) is 5.75 Å². The van der Waals surface area contributed by atoms with Gasteiger partial charge in [-0.2, -0.15) is 0 Å². The van der Waals surface area contributed by atoms with Crippen LogP contribution in [0.15, 0.2) is 53.6 Å². The Hall–Kier alpha value is -3.03. The number of halogens is 1. The van der Waals surface area contributed by atoms with Gasteiger partial charge in [0.15, 0.2) is 21.1 Å². The quantitative estimate of drug-likeness (QED) is 0.310. The van der Waals surface area contributed by atoms with Gasteiger partial charge in [0.05, 0.1) is 40.1 Å². The van der Waals surface area contributed by atoms with E-state index in [1.807, 2.05) is 0 Å². The molecular weight excluding hydrogens is 580 g/mol. The summed E-state index contributed by atoms with van der Waals surface area (Å²) in [7, 11) is -2.09. The van der Waals surface area contributed by atoms with Crippen molar-refractivity contribution in [3.8, 4) is 10.8 Å². The van der Waals surface area contributed by atoms with Crippen LogP contribution in [0, 0.1) is 0 Å². The number of anilines is 1. The summed E-state index contributed by atoms with van der Waals surface area (Å²) in [5.41, 5.74) is 0.687. The molecule has 2 aromatic carbocycles. The molecule has 10 nitrogen and oxygen atoms in total. The van der Waals surface area contributed by atoms with Gasteiger partial charge < -0.3 is 18.9 Å². The number of nitrogens with one attached hydrogen (secondary N) is 1. The number of thiazole rings is 1. The van der Waals surface area contributed by atoms with Crippen molar-refractivity contribution in [2.24, 2.45) is 0 Å². The average Bonchev–Trinajstić information content (AvgIpc) is 3.75. The molecule has 1 aliphatic carbocycles. The molecule has 0 radical (unpaired) electrons. The number of hydrogen-bond donors (Lipinski definition) is 1. The van der Waals surface area contributed by atoms with Gasteiger partial charge >= 0.3 is 5.97 Å². The SMILES string of the molecule is COC(=O)c1cc(Oc2cnc(NC(=O)C(OC3CCOCC3)c3ccc(S(=O)(=O)C4CC4)cc3)s2)ccc1Cl. The van der Waals surface area contributed by atoms with Crippen molar-refractivity contribution >= 4 is 49.8 Å². The Morgan fingerprint density at radius 2 is 1.82 bits per heavy atom. The summed E-state index contributed by atoms with van der Waals surface area (Å²) in [4.78, 5) is 29.8. The highest BCUT2D eigenvalue weighted by Gasteiger charge is 2.37. The van der Waals surface area contributed by atoms with E-state index in [-0.39, 0.29) is 32.0 Å². The lowest BCUT2D eigenvalue weighted by molar-refractivity contribution is -0.136. The first-order valence-electron chi connectivity index (χ1n) is 12.6. The third-order valence-electron chi connectivity index (χ3n) is 6.49. The monoisotopic (exact) mass is 606 g/mol. The van der Waals surface area contributed by atoms with Crippen LogP contribution in [0.4, 0.5) is 5.13 Å². The van der Waals surface area contributed by atoms with Crippen LogP contribution in [0.3, 0.4) is 0 Å². The van der Waals surface area contributed by atoms with Crippen LogP contribution in [0.5, 0.6) is 10.8 Å². The minimum atomic E-state index is -3.35. The summed E-state index contributed by atoms with van der Waals surface area (Å²) >= 11 is 7.15. The zero-order chi connectivity index (χ0) is 28.3. The molecule has 3 aromatic rings. The van der Waals surface area contributed by atoms with Gasteiger partial charge in [0, 0.05) is 13.2 Å². The molecule has 1 amide bonds. The van der Waals surface area contributed by atoms with Gasteiger partial charge in [0.25, 0.3) is 5.91 Å². The van der Waals surface area contributed by atoms with Crippen molar-refractivity contribution in [3.05, 3.63) is 64.8 Å². The van der Waals surface area contributed by atoms with Crippen molar-refractivity contribution in [2.45, 2.75) is 48.0 Å². The van der Waals surface area contributed by atoms with E-state index < -0.39 is 27.8 Å². The number of benzene rings is 2. The molecule has 1 unspecified atom stereocenters. The Bertz CT molecular complexity index is 1480. The molecule has 1 N–H and O–H groups in total. The normalized spacial score (nSPS) is 16.8. The summed E-state index contributed by atoms with van der Waals surface area (Å²) in [6.07, 6.45) is 2.89. The third-order valence-corrected chi connectivity index (χ3v) is 9.88. The number of ether oxygens (including phenoxy) is 4. The van der Waals surface area contributed by atoms with Gasteiger partial charge in [-0.05, 0) is 61.6 Å². The molecule has 0 bridgehead atoms. The van der Waals surface area contributed by atoms with Crippen LogP contribution in [0.1, 0.15) is 47.7 Å².